The number of halogens is 5. The van der Waals surface area contributed by atoms with Gasteiger partial charge in [0.05, 0.1) is 5.69 Å². The van der Waals surface area contributed by atoms with Crippen molar-refractivity contribution in [1.29, 1.82) is 0 Å². The summed E-state index contributed by atoms with van der Waals surface area (Å²) in [6.07, 6.45) is -4.06. The van der Waals surface area contributed by atoms with Crippen molar-refractivity contribution in [2.45, 2.75) is 32.5 Å². The number of aromatic nitrogens is 2. The molecule has 1 heterocycles. The van der Waals surface area contributed by atoms with Gasteiger partial charge in [0.1, 0.15) is 17.5 Å². The van der Waals surface area contributed by atoms with Gasteiger partial charge in [-0.15, -0.1) is 0 Å². The summed E-state index contributed by atoms with van der Waals surface area (Å²) >= 11 is 0. The molecule has 1 atom stereocenters. The highest BCUT2D eigenvalue weighted by atomic mass is 19.4. The Morgan fingerprint density at radius 3 is 2.46 bits per heavy atom. The summed E-state index contributed by atoms with van der Waals surface area (Å²) in [4.78, 5) is 7.30. The average Bonchev–Trinajstić information content (AvgIpc) is 2.49. The summed E-state index contributed by atoms with van der Waals surface area (Å²) in [5, 5.41) is 5.08. The molecule has 0 unspecified atom stereocenters. The van der Waals surface area contributed by atoms with E-state index >= 15 is 0 Å². The molecule has 0 amide bonds. The van der Waals surface area contributed by atoms with Crippen LogP contribution in [0.5, 0.6) is 0 Å². The Balaban J connectivity index is 2.40. The van der Waals surface area contributed by atoms with Crippen molar-refractivity contribution >= 4 is 17.5 Å². The highest BCUT2D eigenvalue weighted by Crippen LogP contribution is 2.31. The number of hydrogen-bond donors (Lipinski definition) is 2. The van der Waals surface area contributed by atoms with Gasteiger partial charge in [0.25, 0.3) is 0 Å². The van der Waals surface area contributed by atoms with Crippen LogP contribution < -0.4 is 10.6 Å². The van der Waals surface area contributed by atoms with Gasteiger partial charge in [-0.2, -0.15) is 18.2 Å². The van der Waals surface area contributed by atoms with Crippen LogP contribution in [0.15, 0.2) is 24.3 Å². The Morgan fingerprint density at radius 1 is 1.12 bits per heavy atom. The quantitative estimate of drug-likeness (QED) is 0.769. The Bertz CT molecular complexity index is 717. The summed E-state index contributed by atoms with van der Waals surface area (Å²) in [6, 6.07) is 3.06. The summed E-state index contributed by atoms with van der Waals surface area (Å²) in [5.41, 5.74) is -1.51. The van der Waals surface area contributed by atoms with E-state index in [1.165, 1.54) is 0 Å². The van der Waals surface area contributed by atoms with E-state index in [4.69, 9.17) is 0 Å². The van der Waals surface area contributed by atoms with Crippen LogP contribution >= 0.6 is 0 Å². The normalized spacial score (nSPS) is 12.8. The van der Waals surface area contributed by atoms with Crippen LogP contribution in [-0.2, 0) is 6.18 Å². The third-order valence-corrected chi connectivity index (χ3v) is 3.20. The van der Waals surface area contributed by atoms with Crippen molar-refractivity contribution < 1.29 is 22.0 Å². The minimum Gasteiger partial charge on any atom is -0.352 e. The highest BCUT2D eigenvalue weighted by molar-refractivity contribution is 5.58. The first-order valence-corrected chi connectivity index (χ1v) is 7.14. The Morgan fingerprint density at radius 2 is 1.83 bits per heavy atom. The summed E-state index contributed by atoms with van der Waals surface area (Å²) in [7, 11) is 0. The van der Waals surface area contributed by atoms with Crippen LogP contribution in [0.25, 0.3) is 0 Å². The maximum atomic E-state index is 13.6. The summed E-state index contributed by atoms with van der Waals surface area (Å²) in [5.74, 6) is -2.10. The van der Waals surface area contributed by atoms with Crippen molar-refractivity contribution in [2.75, 3.05) is 10.6 Å². The Hall–Kier alpha value is -2.45. The Kier molecular flexibility index (Phi) is 5.20. The van der Waals surface area contributed by atoms with Crippen LogP contribution in [0, 0.1) is 11.6 Å². The fourth-order valence-electron chi connectivity index (χ4n) is 1.77. The van der Waals surface area contributed by atoms with Gasteiger partial charge in [-0.1, -0.05) is 6.92 Å². The van der Waals surface area contributed by atoms with Crippen LogP contribution in [0.4, 0.5) is 39.4 Å². The van der Waals surface area contributed by atoms with Crippen LogP contribution in [-0.4, -0.2) is 16.0 Å². The van der Waals surface area contributed by atoms with E-state index in [2.05, 4.69) is 20.6 Å². The number of anilines is 3. The molecule has 1 aromatic carbocycles. The predicted octanol–water partition coefficient (Wildman–Crippen LogP) is 4.73. The number of hydrogen-bond acceptors (Lipinski definition) is 4. The second-order valence-corrected chi connectivity index (χ2v) is 5.16. The molecular weight excluding hydrogens is 331 g/mol. The van der Waals surface area contributed by atoms with Gasteiger partial charge in [0.15, 0.2) is 5.69 Å². The zero-order valence-corrected chi connectivity index (χ0v) is 12.9. The second-order valence-electron chi connectivity index (χ2n) is 5.16. The SMILES string of the molecule is CC[C@H](C)Nc1nc(Nc2cc(F)ccc2F)cc(C(F)(F)F)n1. The highest BCUT2D eigenvalue weighted by Gasteiger charge is 2.34. The van der Waals surface area contributed by atoms with Crippen LogP contribution in [0.2, 0.25) is 0 Å². The molecule has 0 aliphatic heterocycles. The molecule has 2 rings (SSSR count). The van der Waals surface area contributed by atoms with E-state index < -0.39 is 23.5 Å². The van der Waals surface area contributed by atoms with E-state index in [0.29, 0.717) is 12.5 Å². The molecule has 0 spiro atoms. The first-order valence-electron chi connectivity index (χ1n) is 7.14. The van der Waals surface area contributed by atoms with Gasteiger partial charge in [-0.05, 0) is 25.5 Å². The molecule has 0 saturated heterocycles. The van der Waals surface area contributed by atoms with Crippen molar-refractivity contribution in [3.63, 3.8) is 0 Å². The van der Waals surface area contributed by atoms with Crippen LogP contribution in [0.1, 0.15) is 26.0 Å². The fourth-order valence-corrected chi connectivity index (χ4v) is 1.77. The van der Waals surface area contributed by atoms with E-state index in [1.54, 1.807) is 6.92 Å². The maximum absolute atomic E-state index is 13.6. The largest absolute Gasteiger partial charge is 0.433 e. The molecule has 4 nitrogen and oxygen atoms in total. The lowest BCUT2D eigenvalue weighted by Crippen LogP contribution is -2.18. The smallest absolute Gasteiger partial charge is 0.352 e. The number of nitrogens with zero attached hydrogens (tertiary/aromatic N) is 2. The molecule has 0 fully saturated rings. The fraction of sp³-hybridized carbons (Fsp3) is 0.333. The molecule has 2 aromatic rings. The maximum Gasteiger partial charge on any atom is 0.433 e. The van der Waals surface area contributed by atoms with E-state index in [1.807, 2.05) is 6.92 Å². The zero-order valence-electron chi connectivity index (χ0n) is 12.9. The van der Waals surface area contributed by atoms with Crippen molar-refractivity contribution in [2.24, 2.45) is 0 Å². The van der Waals surface area contributed by atoms with Gasteiger partial charge in [0, 0.05) is 18.2 Å². The molecule has 0 bridgehead atoms. The van der Waals surface area contributed by atoms with Crippen LogP contribution in [0.3, 0.4) is 0 Å². The third-order valence-electron chi connectivity index (χ3n) is 3.20. The molecular formula is C15H15F5N4. The lowest BCUT2D eigenvalue weighted by atomic mass is 10.2. The third kappa shape index (κ3) is 4.53. The molecule has 0 aliphatic rings. The molecule has 0 saturated carbocycles. The minimum atomic E-state index is -4.70. The number of alkyl halides is 3. The van der Waals surface area contributed by atoms with Crippen molar-refractivity contribution in [1.82, 2.24) is 9.97 Å². The van der Waals surface area contributed by atoms with Crippen molar-refractivity contribution in [3.8, 4) is 0 Å². The average molecular weight is 346 g/mol. The molecule has 0 aliphatic carbocycles. The van der Waals surface area contributed by atoms with Gasteiger partial charge in [0.2, 0.25) is 5.95 Å². The zero-order chi connectivity index (χ0) is 17.9. The van der Waals surface area contributed by atoms with Gasteiger partial charge in [-0.3, -0.25) is 0 Å². The summed E-state index contributed by atoms with van der Waals surface area (Å²) < 4.78 is 65.7. The molecule has 0 radical (unpaired) electrons. The molecule has 9 heteroatoms. The monoisotopic (exact) mass is 346 g/mol. The first-order chi connectivity index (χ1) is 11.2. The second kappa shape index (κ2) is 6.98. The molecule has 2 N–H and O–H groups in total. The van der Waals surface area contributed by atoms with Gasteiger partial charge < -0.3 is 10.6 Å². The number of rotatable bonds is 5. The molecule has 1 aromatic heterocycles. The minimum absolute atomic E-state index is 0.160. The van der Waals surface area contributed by atoms with E-state index in [9.17, 15) is 22.0 Å². The molecule has 24 heavy (non-hydrogen) atoms. The standard InChI is InChI=1S/C15H15F5N4/c1-3-8(2)21-14-23-12(15(18,19)20)7-13(24-14)22-11-6-9(16)4-5-10(11)17/h4-8H,3H2,1-2H3,(H2,21,22,23,24)/t8-/m0/s1. The number of nitrogens with one attached hydrogen (secondary N) is 2. The van der Waals surface area contributed by atoms with Gasteiger partial charge in [-0.25, -0.2) is 13.8 Å². The van der Waals surface area contributed by atoms with E-state index in [-0.39, 0.29) is 23.5 Å². The topological polar surface area (TPSA) is 49.8 Å². The van der Waals surface area contributed by atoms with E-state index in [0.717, 1.165) is 18.2 Å². The Labute approximate surface area is 135 Å². The number of benzene rings is 1. The van der Waals surface area contributed by atoms with Gasteiger partial charge >= 0.3 is 6.18 Å². The first kappa shape index (κ1) is 17.9. The van der Waals surface area contributed by atoms with Crippen molar-refractivity contribution in [3.05, 3.63) is 41.6 Å². The lowest BCUT2D eigenvalue weighted by Gasteiger charge is -2.15. The molecule has 130 valence electrons. The predicted molar refractivity (Wildman–Crippen MR) is 80.1 cm³/mol. The lowest BCUT2D eigenvalue weighted by molar-refractivity contribution is -0.141. The summed E-state index contributed by atoms with van der Waals surface area (Å²) in [6.45, 7) is 3.59.